The van der Waals surface area contributed by atoms with Crippen molar-refractivity contribution in [2.24, 2.45) is 26.1 Å². The van der Waals surface area contributed by atoms with Gasteiger partial charge in [-0.25, -0.2) is 15.1 Å². The Morgan fingerprint density at radius 1 is 1.41 bits per heavy atom. The zero-order valence-electron chi connectivity index (χ0n) is 18.9. The van der Waals surface area contributed by atoms with E-state index in [1.165, 1.54) is 22.8 Å². The zero-order chi connectivity index (χ0) is 24.8. The van der Waals surface area contributed by atoms with Crippen LogP contribution in [0.1, 0.15) is 35.3 Å². The van der Waals surface area contributed by atoms with Crippen LogP contribution in [0.2, 0.25) is 0 Å². The monoisotopic (exact) mass is 497 g/mol. The van der Waals surface area contributed by atoms with Gasteiger partial charge in [-0.3, -0.25) is 14.2 Å². The summed E-state index contributed by atoms with van der Waals surface area (Å²) in [5, 5.41) is 4.78. The molecule has 0 spiro atoms. The molecule has 16 heteroatoms. The summed E-state index contributed by atoms with van der Waals surface area (Å²) >= 11 is 0. The van der Waals surface area contributed by atoms with Crippen molar-refractivity contribution in [3.8, 4) is 0 Å². The molecule has 0 unspecified atom stereocenters. The molecule has 4 rings (SSSR count). The number of amidine groups is 1. The van der Waals surface area contributed by atoms with Crippen LogP contribution >= 0.6 is 0 Å². The van der Waals surface area contributed by atoms with Gasteiger partial charge in [-0.2, -0.15) is 23.3 Å². The Balaban J connectivity index is 1.50. The minimum absolute atomic E-state index is 0.0391. The van der Waals surface area contributed by atoms with E-state index in [9.17, 15) is 18.0 Å². The molecule has 0 radical (unpaired) electrons. The van der Waals surface area contributed by atoms with Gasteiger partial charge in [0, 0.05) is 25.2 Å². The number of hydrogen-bond acceptors (Lipinski definition) is 8. The first-order valence-electron chi connectivity index (χ1n) is 10.2. The summed E-state index contributed by atoms with van der Waals surface area (Å²) in [6.45, 7) is 0.0391. The van der Waals surface area contributed by atoms with Crippen LogP contribution in [0.15, 0.2) is 23.6 Å². The molecule has 34 heavy (non-hydrogen) atoms. The number of carbonyl (C=O) groups is 2. The molecule has 2 aliphatic rings. The molecule has 2 N–H and O–H groups in total. The van der Waals surface area contributed by atoms with Crippen LogP contribution < -0.4 is 10.2 Å². The van der Waals surface area contributed by atoms with Crippen molar-refractivity contribution < 1.29 is 36.4 Å². The number of carbonyl (C=O) groups excluding carboxylic acids is 2. The van der Waals surface area contributed by atoms with Gasteiger partial charge in [-0.1, -0.05) is 0 Å². The van der Waals surface area contributed by atoms with Gasteiger partial charge in [0.05, 0.1) is 38.1 Å². The third-order valence-corrected chi connectivity index (χ3v) is 6.14. The second kappa shape index (κ2) is 8.69. The first-order valence-corrected chi connectivity index (χ1v) is 11.6. The van der Waals surface area contributed by atoms with Crippen LogP contribution in [0, 0.1) is 0 Å². The second-order valence-corrected chi connectivity index (χ2v) is 8.96. The predicted molar refractivity (Wildman–Crippen MR) is 113 cm³/mol. The summed E-state index contributed by atoms with van der Waals surface area (Å²) in [6.07, 6.45) is 5.86. The standard InChI is InChI=1S/C18H24N8O7S/c1-19-17(21-32-14(27)6-5-11-8-22(2)23(3)9-11)16-15-12(7-20-24(15)4)13-10-25(16)18(28)26(13)33-34(29,30)31/h7-9,13,16H,5-6,10H2,1-4H3,(H-,19,21,29,30,31)/p+1/t13-,16-/m0/s1. The lowest BCUT2D eigenvalue weighted by molar-refractivity contribution is -0.751. The number of rotatable bonds is 6. The fourth-order valence-corrected chi connectivity index (χ4v) is 4.53. The molecule has 2 aliphatic heterocycles. The van der Waals surface area contributed by atoms with Gasteiger partial charge in [0.25, 0.3) is 0 Å². The van der Waals surface area contributed by atoms with Gasteiger partial charge >= 0.3 is 22.4 Å². The molecule has 15 nitrogen and oxygen atoms in total. The lowest BCUT2D eigenvalue weighted by Crippen LogP contribution is -2.45. The van der Waals surface area contributed by atoms with E-state index in [0.29, 0.717) is 22.7 Å². The second-order valence-electron chi connectivity index (χ2n) is 7.96. The summed E-state index contributed by atoms with van der Waals surface area (Å²) in [6, 6.07) is -2.50. The molecule has 2 aromatic heterocycles. The number of hydrogen-bond donors (Lipinski definition) is 2. The Morgan fingerprint density at radius 3 is 2.76 bits per heavy atom. The number of aliphatic imine (C=N–C) groups is 1. The van der Waals surface area contributed by atoms with Crippen molar-refractivity contribution in [2.45, 2.75) is 24.9 Å². The number of fused-ring (bicyclic) bond motifs is 4. The molecular weight excluding hydrogens is 472 g/mol. The third-order valence-electron chi connectivity index (χ3n) is 5.80. The first kappa shape index (κ1) is 23.7. The SMILES string of the molecule is CN=C(NOC(=O)CCc1cn(C)[n+](C)c1)[C@@H]1c2c(cnn2C)[C@@H]2CN1C(=O)N2OS(=O)(=O)O. The first-order chi connectivity index (χ1) is 16.0. The van der Waals surface area contributed by atoms with Crippen molar-refractivity contribution in [3.63, 3.8) is 0 Å². The highest BCUT2D eigenvalue weighted by Gasteiger charge is 2.53. The number of nitrogens with one attached hydrogen (secondary N) is 1. The van der Waals surface area contributed by atoms with E-state index in [0.717, 1.165) is 5.56 Å². The van der Waals surface area contributed by atoms with Crippen molar-refractivity contribution in [1.29, 1.82) is 0 Å². The predicted octanol–water partition coefficient (Wildman–Crippen LogP) is -1.14. The quantitative estimate of drug-likeness (QED) is 0.165. The van der Waals surface area contributed by atoms with Crippen molar-refractivity contribution in [2.75, 3.05) is 13.6 Å². The van der Waals surface area contributed by atoms with Crippen LogP contribution in [0.4, 0.5) is 4.79 Å². The lowest BCUT2D eigenvalue weighted by Gasteiger charge is -2.31. The van der Waals surface area contributed by atoms with Gasteiger partial charge < -0.3 is 9.74 Å². The number of amides is 2. The summed E-state index contributed by atoms with van der Waals surface area (Å²) in [5.41, 5.74) is 4.53. The number of hydroxylamine groups is 3. The number of aryl methyl sites for hydroxylation is 4. The van der Waals surface area contributed by atoms with E-state index in [2.05, 4.69) is 19.9 Å². The highest BCUT2D eigenvalue weighted by Crippen LogP contribution is 2.44. The van der Waals surface area contributed by atoms with Crippen molar-refractivity contribution in [1.82, 2.24) is 29.9 Å². The van der Waals surface area contributed by atoms with Gasteiger partial charge in [0.15, 0.2) is 19.1 Å². The largest absolute Gasteiger partial charge is 0.418 e. The van der Waals surface area contributed by atoms with Gasteiger partial charge in [-0.05, 0) is 6.42 Å². The molecule has 2 aromatic rings. The van der Waals surface area contributed by atoms with Crippen LogP contribution in [-0.2, 0) is 51.9 Å². The fourth-order valence-electron chi connectivity index (χ4n) is 4.16. The number of nitrogens with zero attached hydrogens (tertiary/aromatic N) is 7. The van der Waals surface area contributed by atoms with E-state index in [1.807, 2.05) is 35.9 Å². The maximum absolute atomic E-state index is 12.9. The van der Waals surface area contributed by atoms with Crippen LogP contribution in [0.25, 0.3) is 0 Å². The molecule has 184 valence electrons. The minimum atomic E-state index is -4.94. The zero-order valence-corrected chi connectivity index (χ0v) is 19.8. The van der Waals surface area contributed by atoms with Crippen molar-refractivity contribution >= 4 is 28.2 Å². The maximum Gasteiger partial charge on any atom is 0.418 e. The average Bonchev–Trinajstić information content (AvgIpc) is 3.39. The minimum Gasteiger partial charge on any atom is -0.342 e. The van der Waals surface area contributed by atoms with Gasteiger partial charge in [0.2, 0.25) is 0 Å². The Kier molecular flexibility index (Phi) is 6.05. The fraction of sp³-hybridized carbons (Fsp3) is 0.500. The van der Waals surface area contributed by atoms with Crippen LogP contribution in [0.5, 0.6) is 0 Å². The van der Waals surface area contributed by atoms with Gasteiger partial charge in [-0.15, -0.1) is 8.97 Å². The average molecular weight is 498 g/mol. The lowest BCUT2D eigenvalue weighted by atomic mass is 9.97. The van der Waals surface area contributed by atoms with E-state index < -0.39 is 34.5 Å². The highest BCUT2D eigenvalue weighted by molar-refractivity contribution is 7.80. The normalized spacial score (nSPS) is 20.0. The Bertz CT molecular complexity index is 1250. The molecule has 2 atom stereocenters. The molecule has 0 aliphatic carbocycles. The number of aromatic nitrogens is 4. The molecule has 0 aromatic carbocycles. The topological polar surface area (TPSA) is 164 Å². The Labute approximate surface area is 195 Å². The molecule has 1 fully saturated rings. The van der Waals surface area contributed by atoms with Crippen molar-refractivity contribution in [3.05, 3.63) is 35.4 Å². The van der Waals surface area contributed by atoms with Crippen LogP contribution in [0.3, 0.4) is 0 Å². The van der Waals surface area contributed by atoms with E-state index in [4.69, 9.17) is 9.39 Å². The Hall–Kier alpha value is -3.50. The van der Waals surface area contributed by atoms with E-state index >= 15 is 0 Å². The van der Waals surface area contributed by atoms with Gasteiger partial charge in [0.1, 0.15) is 12.1 Å². The summed E-state index contributed by atoms with van der Waals surface area (Å²) in [4.78, 5) is 35.9. The molecule has 4 heterocycles. The molecular formula is C18H25N8O7S+. The molecule has 2 amide bonds. The molecule has 1 saturated heterocycles. The maximum atomic E-state index is 12.9. The third kappa shape index (κ3) is 4.34. The van der Waals surface area contributed by atoms with E-state index in [-0.39, 0.29) is 18.8 Å². The van der Waals surface area contributed by atoms with E-state index in [1.54, 1.807) is 7.05 Å². The molecule has 2 bridgehead atoms. The Morgan fingerprint density at radius 2 is 2.15 bits per heavy atom. The summed E-state index contributed by atoms with van der Waals surface area (Å²) in [5.74, 6) is -0.402. The smallest absolute Gasteiger partial charge is 0.342 e. The molecule has 0 saturated carbocycles. The summed E-state index contributed by atoms with van der Waals surface area (Å²) in [7, 11) is 1.94. The summed E-state index contributed by atoms with van der Waals surface area (Å²) < 4.78 is 41.4. The number of urea groups is 1. The van der Waals surface area contributed by atoms with Crippen LogP contribution in [-0.4, -0.2) is 68.8 Å². The highest BCUT2D eigenvalue weighted by atomic mass is 32.3.